The van der Waals surface area contributed by atoms with E-state index in [4.69, 9.17) is 25.5 Å². The van der Waals surface area contributed by atoms with Crippen LogP contribution in [-0.4, -0.2) is 43.1 Å². The molecule has 0 radical (unpaired) electrons. The fourth-order valence-electron chi connectivity index (χ4n) is 2.77. The molecule has 2 heterocycles. The van der Waals surface area contributed by atoms with Crippen LogP contribution in [0.1, 0.15) is 23.0 Å². The predicted octanol–water partition coefficient (Wildman–Crippen LogP) is 4.18. The van der Waals surface area contributed by atoms with Crippen LogP contribution in [-0.2, 0) is 11.3 Å². The minimum Gasteiger partial charge on any atom is -0.490 e. The average molecular weight is 429 g/mol. The number of carbonyl (C=O) groups is 1. The summed E-state index contributed by atoms with van der Waals surface area (Å²) in [6.45, 7) is 4.82. The van der Waals surface area contributed by atoms with E-state index < -0.39 is 0 Å². The largest absolute Gasteiger partial charge is 0.490 e. The number of ketones is 1. The molecule has 0 amide bonds. The van der Waals surface area contributed by atoms with Gasteiger partial charge in [-0.05, 0) is 53.2 Å². The van der Waals surface area contributed by atoms with E-state index in [1.807, 2.05) is 12.1 Å². The lowest BCUT2D eigenvalue weighted by Gasteiger charge is -2.32. The van der Waals surface area contributed by atoms with Crippen molar-refractivity contribution in [2.24, 2.45) is 0 Å². The number of hydrogen-bond acceptors (Lipinski definition) is 5. The normalized spacial score (nSPS) is 18.3. The lowest BCUT2D eigenvalue weighted by molar-refractivity contribution is -0.0519. The Morgan fingerprint density at radius 3 is 2.96 bits per heavy atom. The van der Waals surface area contributed by atoms with Gasteiger partial charge in [0, 0.05) is 18.1 Å². The van der Waals surface area contributed by atoms with Gasteiger partial charge in [-0.3, -0.25) is 9.69 Å². The highest BCUT2D eigenvalue weighted by Gasteiger charge is 2.22. The van der Waals surface area contributed by atoms with Crippen LogP contribution in [0.2, 0.25) is 5.02 Å². The van der Waals surface area contributed by atoms with Crippen LogP contribution in [0.15, 0.2) is 39.4 Å². The molecule has 5 nitrogen and oxygen atoms in total. The highest BCUT2D eigenvalue weighted by Crippen LogP contribution is 2.24. The number of hydrogen-bond donors (Lipinski definition) is 0. The van der Waals surface area contributed by atoms with Crippen LogP contribution >= 0.6 is 27.5 Å². The fraction of sp³-hybridized carbons (Fsp3) is 0.389. The topological polar surface area (TPSA) is 51.9 Å². The summed E-state index contributed by atoms with van der Waals surface area (Å²) in [6.07, 6.45) is -0.0670. The van der Waals surface area contributed by atoms with Crippen LogP contribution < -0.4 is 4.74 Å². The monoisotopic (exact) mass is 427 g/mol. The molecular weight excluding hydrogens is 410 g/mol. The van der Waals surface area contributed by atoms with Crippen LogP contribution in [0.4, 0.5) is 0 Å². The van der Waals surface area contributed by atoms with Crippen molar-refractivity contribution >= 4 is 33.3 Å². The first-order valence-corrected chi connectivity index (χ1v) is 9.20. The van der Waals surface area contributed by atoms with Gasteiger partial charge in [0.25, 0.3) is 0 Å². The minimum absolute atomic E-state index is 0.0670. The number of ether oxygens (including phenoxy) is 2. The van der Waals surface area contributed by atoms with Gasteiger partial charge in [0.2, 0.25) is 0 Å². The van der Waals surface area contributed by atoms with E-state index in [-0.39, 0.29) is 11.9 Å². The molecule has 2 aromatic rings. The van der Waals surface area contributed by atoms with Crippen molar-refractivity contribution in [3.8, 4) is 5.75 Å². The van der Waals surface area contributed by atoms with Gasteiger partial charge in [-0.25, -0.2) is 0 Å². The van der Waals surface area contributed by atoms with E-state index >= 15 is 0 Å². The summed E-state index contributed by atoms with van der Waals surface area (Å²) in [6, 6.07) is 8.91. The summed E-state index contributed by atoms with van der Waals surface area (Å²) in [5.41, 5.74) is 0.487. The Morgan fingerprint density at radius 1 is 1.40 bits per heavy atom. The second-order valence-corrected chi connectivity index (χ2v) is 7.16. The van der Waals surface area contributed by atoms with Gasteiger partial charge >= 0.3 is 0 Å². The summed E-state index contributed by atoms with van der Waals surface area (Å²) in [7, 11) is 0. The quantitative estimate of drug-likeness (QED) is 0.646. The number of benzene rings is 1. The molecule has 1 unspecified atom stereocenters. The summed E-state index contributed by atoms with van der Waals surface area (Å²) in [5, 5.41) is 0.516. The molecule has 1 aliphatic heterocycles. The molecule has 7 heteroatoms. The third kappa shape index (κ3) is 5.07. The minimum atomic E-state index is -0.0768. The third-order valence-corrected chi connectivity index (χ3v) is 4.64. The van der Waals surface area contributed by atoms with Gasteiger partial charge in [-0.15, -0.1) is 0 Å². The van der Waals surface area contributed by atoms with E-state index in [0.29, 0.717) is 29.5 Å². The molecule has 1 aliphatic rings. The maximum absolute atomic E-state index is 11.7. The van der Waals surface area contributed by atoms with E-state index in [2.05, 4.69) is 20.8 Å². The van der Waals surface area contributed by atoms with Gasteiger partial charge in [0.15, 0.2) is 10.5 Å². The standard InChI is InChI=1S/C18H19BrClNO4/c1-12(22)16-8-13(20)2-4-17(16)24-11-15-10-21(6-7-23-15)9-14-3-5-18(19)25-14/h2-5,8,15H,6-7,9-11H2,1H3. The van der Waals surface area contributed by atoms with Crippen LogP contribution in [0, 0.1) is 0 Å². The zero-order chi connectivity index (χ0) is 17.8. The Balaban J connectivity index is 1.57. The molecule has 25 heavy (non-hydrogen) atoms. The van der Waals surface area contributed by atoms with Crippen LogP contribution in [0.25, 0.3) is 0 Å². The number of nitrogens with zero attached hydrogens (tertiary/aromatic N) is 1. The molecule has 134 valence electrons. The van der Waals surface area contributed by atoms with E-state index in [0.717, 1.165) is 30.1 Å². The van der Waals surface area contributed by atoms with Gasteiger partial charge in [0.1, 0.15) is 24.2 Å². The Morgan fingerprint density at radius 2 is 2.24 bits per heavy atom. The van der Waals surface area contributed by atoms with E-state index in [1.165, 1.54) is 6.92 Å². The molecule has 3 rings (SSSR count). The van der Waals surface area contributed by atoms with Gasteiger partial charge in [-0.1, -0.05) is 11.6 Å². The molecule has 1 aromatic heterocycles. The van der Waals surface area contributed by atoms with E-state index in [1.54, 1.807) is 18.2 Å². The molecule has 1 saturated heterocycles. The molecule has 0 saturated carbocycles. The Labute approximate surface area is 160 Å². The van der Waals surface area contributed by atoms with Crippen molar-refractivity contribution < 1.29 is 18.7 Å². The first-order valence-electron chi connectivity index (χ1n) is 8.02. The number of halogens is 2. The van der Waals surface area contributed by atoms with Crippen molar-refractivity contribution in [1.82, 2.24) is 4.90 Å². The lowest BCUT2D eigenvalue weighted by atomic mass is 10.1. The summed E-state index contributed by atoms with van der Waals surface area (Å²) >= 11 is 9.27. The molecule has 0 N–H and O–H groups in total. The maximum atomic E-state index is 11.7. The smallest absolute Gasteiger partial charge is 0.169 e. The zero-order valence-corrected chi connectivity index (χ0v) is 16.2. The molecule has 1 atom stereocenters. The lowest BCUT2D eigenvalue weighted by Crippen LogP contribution is -2.44. The highest BCUT2D eigenvalue weighted by molar-refractivity contribution is 9.10. The van der Waals surface area contributed by atoms with Crippen molar-refractivity contribution in [1.29, 1.82) is 0 Å². The van der Waals surface area contributed by atoms with Gasteiger partial charge in [0.05, 0.1) is 18.7 Å². The van der Waals surface area contributed by atoms with E-state index in [9.17, 15) is 4.79 Å². The van der Waals surface area contributed by atoms with Crippen LogP contribution in [0.3, 0.4) is 0 Å². The molecule has 1 fully saturated rings. The number of Topliss-reactive ketones (excluding diaryl/α,β-unsaturated/α-hetero) is 1. The first kappa shape index (κ1) is 18.5. The molecule has 0 bridgehead atoms. The second kappa shape index (κ2) is 8.36. The molecule has 1 aromatic carbocycles. The average Bonchev–Trinajstić information content (AvgIpc) is 2.99. The zero-order valence-electron chi connectivity index (χ0n) is 13.8. The second-order valence-electron chi connectivity index (χ2n) is 5.94. The first-order chi connectivity index (χ1) is 12.0. The Bertz CT molecular complexity index is 748. The molecular formula is C18H19BrClNO4. The Kier molecular flexibility index (Phi) is 6.17. The molecule has 0 spiro atoms. The van der Waals surface area contributed by atoms with Crippen molar-refractivity contribution in [3.63, 3.8) is 0 Å². The van der Waals surface area contributed by atoms with Gasteiger partial charge < -0.3 is 13.9 Å². The summed E-state index contributed by atoms with van der Waals surface area (Å²) in [4.78, 5) is 14.0. The predicted molar refractivity (Wildman–Crippen MR) is 98.4 cm³/mol. The van der Waals surface area contributed by atoms with Crippen molar-refractivity contribution in [3.05, 3.63) is 51.3 Å². The van der Waals surface area contributed by atoms with Crippen molar-refractivity contribution in [2.45, 2.75) is 19.6 Å². The summed E-state index contributed by atoms with van der Waals surface area (Å²) in [5.74, 6) is 1.37. The highest BCUT2D eigenvalue weighted by atomic mass is 79.9. The number of rotatable bonds is 6. The van der Waals surface area contributed by atoms with Gasteiger partial charge in [-0.2, -0.15) is 0 Å². The number of carbonyl (C=O) groups excluding carboxylic acids is 1. The number of furan rings is 1. The maximum Gasteiger partial charge on any atom is 0.169 e. The van der Waals surface area contributed by atoms with Crippen LogP contribution in [0.5, 0.6) is 5.75 Å². The number of morpholine rings is 1. The third-order valence-electron chi connectivity index (χ3n) is 3.98. The SMILES string of the molecule is CC(=O)c1cc(Cl)ccc1OCC1CN(Cc2ccc(Br)o2)CCO1. The fourth-order valence-corrected chi connectivity index (χ4v) is 3.28. The van der Waals surface area contributed by atoms with Crippen molar-refractivity contribution in [2.75, 3.05) is 26.3 Å². The molecule has 0 aliphatic carbocycles. The Hall–Kier alpha value is -1.34. The summed E-state index contributed by atoms with van der Waals surface area (Å²) < 4.78 is 17.9.